The van der Waals surface area contributed by atoms with Gasteiger partial charge in [0, 0.05) is 13.1 Å². The monoisotopic (exact) mass is 277 g/mol. The molecule has 0 saturated carbocycles. The molecule has 0 N–H and O–H groups in total. The molecular weight excluding hydrogens is 242 g/mol. The van der Waals surface area contributed by atoms with E-state index in [4.69, 9.17) is 0 Å². The lowest BCUT2D eigenvalue weighted by atomic mass is 10.0. The van der Waals surface area contributed by atoms with Crippen molar-refractivity contribution in [3.8, 4) is 0 Å². The van der Waals surface area contributed by atoms with E-state index in [9.17, 15) is 0 Å². The fourth-order valence-electron chi connectivity index (χ4n) is 2.08. The molecule has 0 fully saturated rings. The van der Waals surface area contributed by atoms with E-state index in [0.717, 1.165) is 13.1 Å². The number of hydrogen-bond acceptors (Lipinski definition) is 1. The van der Waals surface area contributed by atoms with E-state index in [2.05, 4.69) is 70.9 Å². The number of nitrogens with zero attached hydrogens (tertiary/aromatic N) is 1. The van der Waals surface area contributed by atoms with E-state index < -0.39 is 0 Å². The smallest absolute Gasteiger partial charge is 0.0143 e. The second kappa shape index (κ2) is 11.8. The van der Waals surface area contributed by atoms with Crippen LogP contribution in [0.25, 0.3) is 0 Å². The van der Waals surface area contributed by atoms with Crippen molar-refractivity contribution in [2.45, 2.75) is 67.2 Å². The molecule has 0 aliphatic carbocycles. The molecule has 0 unspecified atom stereocenters. The Morgan fingerprint density at radius 2 is 1.65 bits per heavy atom. The minimum absolute atomic E-state index is 0.664. The molecule has 1 atom stereocenters. The summed E-state index contributed by atoms with van der Waals surface area (Å²) < 4.78 is 0. The first-order chi connectivity index (χ1) is 9.49. The highest BCUT2D eigenvalue weighted by molar-refractivity contribution is 5.02. The lowest BCUT2D eigenvalue weighted by Gasteiger charge is -2.15. The highest BCUT2D eigenvalue weighted by Crippen LogP contribution is 2.12. The Bertz CT molecular complexity index is 315. The van der Waals surface area contributed by atoms with Crippen LogP contribution in [0.4, 0.5) is 0 Å². The summed E-state index contributed by atoms with van der Waals surface area (Å²) in [4.78, 5) is 2.34. The van der Waals surface area contributed by atoms with Crippen molar-refractivity contribution < 1.29 is 0 Å². The van der Waals surface area contributed by atoms with Gasteiger partial charge in [-0.2, -0.15) is 0 Å². The Hall–Kier alpha value is -0.980. The molecule has 20 heavy (non-hydrogen) atoms. The highest BCUT2D eigenvalue weighted by atomic mass is 15.1. The maximum absolute atomic E-state index is 2.42. The highest BCUT2D eigenvalue weighted by Gasteiger charge is 1.97. The van der Waals surface area contributed by atoms with Crippen LogP contribution in [0.1, 0.15) is 67.2 Å². The molecule has 0 aliphatic rings. The van der Waals surface area contributed by atoms with Gasteiger partial charge in [0.25, 0.3) is 0 Å². The van der Waals surface area contributed by atoms with Crippen LogP contribution in [0, 0.1) is 5.92 Å². The van der Waals surface area contributed by atoms with Crippen LogP contribution in [0.15, 0.2) is 35.6 Å². The summed E-state index contributed by atoms with van der Waals surface area (Å²) in [5.74, 6) is 0.664. The van der Waals surface area contributed by atoms with E-state index in [1.807, 2.05) is 0 Å². The van der Waals surface area contributed by atoms with Gasteiger partial charge in [-0.1, -0.05) is 36.3 Å². The first-order valence-electron chi connectivity index (χ1n) is 8.20. The van der Waals surface area contributed by atoms with Crippen LogP contribution in [-0.2, 0) is 0 Å². The zero-order valence-electron chi connectivity index (χ0n) is 14.6. The van der Waals surface area contributed by atoms with E-state index in [-0.39, 0.29) is 0 Å². The summed E-state index contributed by atoms with van der Waals surface area (Å²) in [6.07, 6.45) is 14.2. The number of hydrogen-bond donors (Lipinski definition) is 0. The Kier molecular flexibility index (Phi) is 11.2. The first kappa shape index (κ1) is 19.0. The molecule has 1 nitrogen and oxygen atoms in total. The average Bonchev–Trinajstić information content (AvgIpc) is 2.39. The summed E-state index contributed by atoms with van der Waals surface area (Å²) >= 11 is 0. The number of rotatable bonds is 10. The molecule has 0 rings (SSSR count). The van der Waals surface area contributed by atoms with Crippen LogP contribution in [0.3, 0.4) is 0 Å². The van der Waals surface area contributed by atoms with Gasteiger partial charge < -0.3 is 4.90 Å². The van der Waals surface area contributed by atoms with Crippen LogP contribution in [0.5, 0.6) is 0 Å². The molecule has 0 radical (unpaired) electrons. The molecule has 0 aromatic carbocycles. The van der Waals surface area contributed by atoms with Crippen LogP contribution in [-0.4, -0.2) is 18.0 Å². The fourth-order valence-corrected chi connectivity index (χ4v) is 2.08. The van der Waals surface area contributed by atoms with Crippen molar-refractivity contribution >= 4 is 0 Å². The van der Waals surface area contributed by atoms with Gasteiger partial charge in [0.1, 0.15) is 0 Å². The van der Waals surface area contributed by atoms with Crippen molar-refractivity contribution in [1.29, 1.82) is 0 Å². The van der Waals surface area contributed by atoms with Gasteiger partial charge in [0.05, 0.1) is 0 Å². The van der Waals surface area contributed by atoms with Crippen molar-refractivity contribution in [2.75, 3.05) is 13.1 Å². The van der Waals surface area contributed by atoms with E-state index >= 15 is 0 Å². The van der Waals surface area contributed by atoms with Crippen LogP contribution >= 0.6 is 0 Å². The van der Waals surface area contributed by atoms with E-state index in [0.29, 0.717) is 5.92 Å². The summed E-state index contributed by atoms with van der Waals surface area (Å²) in [6, 6.07) is 0. The topological polar surface area (TPSA) is 3.24 Å². The standard InChI is InChI=1S/C19H35N/c1-7-20(8-2)16-15-19(6)14-10-13-18(5)12-9-11-17(3)4/h11,13,15-16,19H,7-10,12,14H2,1-6H3/t19-/m0/s1. The first-order valence-corrected chi connectivity index (χ1v) is 8.20. The van der Waals surface area contributed by atoms with Gasteiger partial charge in [-0.15, -0.1) is 0 Å². The molecule has 0 aromatic heterocycles. The molecule has 0 saturated heterocycles. The normalized spacial score (nSPS) is 13.6. The largest absolute Gasteiger partial charge is 0.378 e. The van der Waals surface area contributed by atoms with Gasteiger partial charge in [0.2, 0.25) is 0 Å². The van der Waals surface area contributed by atoms with Gasteiger partial charge in [-0.3, -0.25) is 0 Å². The summed E-state index contributed by atoms with van der Waals surface area (Å²) in [7, 11) is 0. The average molecular weight is 277 g/mol. The molecule has 0 bridgehead atoms. The lowest BCUT2D eigenvalue weighted by molar-refractivity contribution is 0.414. The molecule has 0 aromatic rings. The molecule has 1 heteroatoms. The molecule has 0 amide bonds. The van der Waals surface area contributed by atoms with Gasteiger partial charge >= 0.3 is 0 Å². The zero-order chi connectivity index (χ0) is 15.4. The molecular formula is C19H35N. The summed E-state index contributed by atoms with van der Waals surface area (Å²) in [5, 5.41) is 0. The maximum Gasteiger partial charge on any atom is 0.0143 e. The summed E-state index contributed by atoms with van der Waals surface area (Å²) in [5.41, 5.74) is 2.95. The third-order valence-corrected chi connectivity index (χ3v) is 3.64. The molecule has 0 spiro atoms. The Balaban J connectivity index is 3.94. The second-order valence-electron chi connectivity index (χ2n) is 5.99. The fraction of sp³-hybridized carbons (Fsp3) is 0.684. The lowest BCUT2D eigenvalue weighted by Crippen LogP contribution is -2.15. The minimum Gasteiger partial charge on any atom is -0.378 e. The third-order valence-electron chi connectivity index (χ3n) is 3.64. The van der Waals surface area contributed by atoms with E-state index in [1.54, 1.807) is 0 Å². The Labute approximate surface area is 127 Å². The maximum atomic E-state index is 2.42. The van der Waals surface area contributed by atoms with Crippen LogP contribution in [0.2, 0.25) is 0 Å². The van der Waals surface area contributed by atoms with Crippen LogP contribution < -0.4 is 0 Å². The quantitative estimate of drug-likeness (QED) is 0.446. The van der Waals surface area contributed by atoms with Crippen molar-refractivity contribution in [3.63, 3.8) is 0 Å². The van der Waals surface area contributed by atoms with Crippen molar-refractivity contribution in [3.05, 3.63) is 35.6 Å². The Morgan fingerprint density at radius 3 is 2.20 bits per heavy atom. The summed E-state index contributed by atoms with van der Waals surface area (Å²) in [6.45, 7) is 15.5. The van der Waals surface area contributed by atoms with Crippen molar-refractivity contribution in [2.24, 2.45) is 5.92 Å². The van der Waals surface area contributed by atoms with Gasteiger partial charge in [-0.25, -0.2) is 0 Å². The van der Waals surface area contributed by atoms with Gasteiger partial charge in [-0.05, 0) is 72.4 Å². The number of allylic oxidation sites excluding steroid dienone is 5. The molecule has 0 heterocycles. The Morgan fingerprint density at radius 1 is 1.00 bits per heavy atom. The SMILES string of the molecule is CCN(C=C[C@@H](C)CCC=C(C)CCC=C(C)C)CC. The zero-order valence-corrected chi connectivity index (χ0v) is 14.6. The predicted octanol–water partition coefficient (Wildman–Crippen LogP) is 5.95. The van der Waals surface area contributed by atoms with Gasteiger partial charge in [0.15, 0.2) is 0 Å². The van der Waals surface area contributed by atoms with Crippen molar-refractivity contribution in [1.82, 2.24) is 4.90 Å². The van der Waals surface area contributed by atoms with E-state index in [1.165, 1.54) is 36.8 Å². The minimum atomic E-state index is 0.664. The predicted molar refractivity (Wildman–Crippen MR) is 92.9 cm³/mol. The molecule has 116 valence electrons. The molecule has 0 aliphatic heterocycles. The second-order valence-corrected chi connectivity index (χ2v) is 5.99. The third kappa shape index (κ3) is 10.9.